The lowest BCUT2D eigenvalue weighted by Gasteiger charge is -2.18. The van der Waals surface area contributed by atoms with Crippen LogP contribution < -0.4 is 0 Å². The second-order valence-electron chi connectivity index (χ2n) is 6.45. The van der Waals surface area contributed by atoms with E-state index in [-0.39, 0.29) is 12.0 Å². The predicted molar refractivity (Wildman–Crippen MR) is 73.8 cm³/mol. The van der Waals surface area contributed by atoms with E-state index in [0.29, 0.717) is 0 Å². The first-order chi connectivity index (χ1) is 10.1. The van der Waals surface area contributed by atoms with Crippen LogP contribution in [0.5, 0.6) is 0 Å². The quantitative estimate of drug-likeness (QED) is 0.797. The van der Waals surface area contributed by atoms with E-state index in [2.05, 4.69) is 23.8 Å². The molecule has 4 nitrogen and oxygen atoms in total. The van der Waals surface area contributed by atoms with Gasteiger partial charge in [0.05, 0.1) is 18.5 Å². The van der Waals surface area contributed by atoms with Gasteiger partial charge < -0.3 is 0 Å². The second kappa shape index (κ2) is 5.31. The van der Waals surface area contributed by atoms with Gasteiger partial charge in [-0.1, -0.05) is 13.8 Å². The molecule has 1 heterocycles. The summed E-state index contributed by atoms with van der Waals surface area (Å²) in [6.45, 7) is 11.1. The maximum Gasteiger partial charge on any atom is 0.389 e. The molecule has 1 unspecified atom stereocenters. The second-order valence-corrected chi connectivity index (χ2v) is 6.45. The Balaban J connectivity index is 2.20. The zero-order valence-corrected chi connectivity index (χ0v) is 12.5. The Morgan fingerprint density at radius 1 is 1.45 bits per heavy atom. The van der Waals surface area contributed by atoms with Crippen LogP contribution in [0, 0.1) is 17.9 Å². The molecular weight excluding hydrogens is 293 g/mol. The Morgan fingerprint density at radius 2 is 2.14 bits per heavy atom. The minimum Gasteiger partial charge on any atom is -0.292 e. The van der Waals surface area contributed by atoms with Gasteiger partial charge in [-0.25, -0.2) is 6.57 Å². The molecule has 0 N–H and O–H groups in total. The summed E-state index contributed by atoms with van der Waals surface area (Å²) in [4.78, 5) is 3.18. The summed E-state index contributed by atoms with van der Waals surface area (Å²) >= 11 is 0. The van der Waals surface area contributed by atoms with Crippen LogP contribution in [0.2, 0.25) is 0 Å². The lowest BCUT2D eigenvalue weighted by molar-refractivity contribution is -0.137. The fourth-order valence-corrected chi connectivity index (χ4v) is 2.77. The van der Waals surface area contributed by atoms with E-state index in [0.717, 1.165) is 24.1 Å². The maximum atomic E-state index is 12.4. The number of nitriles is 1. The highest BCUT2D eigenvalue weighted by Gasteiger charge is 2.43. The number of alkyl halides is 3. The van der Waals surface area contributed by atoms with Gasteiger partial charge in [-0.2, -0.15) is 23.5 Å². The van der Waals surface area contributed by atoms with Crippen molar-refractivity contribution in [2.45, 2.75) is 63.2 Å². The van der Waals surface area contributed by atoms with Gasteiger partial charge in [0.25, 0.3) is 0 Å². The van der Waals surface area contributed by atoms with Crippen molar-refractivity contribution < 1.29 is 13.2 Å². The molecule has 2 rings (SSSR count). The van der Waals surface area contributed by atoms with Crippen LogP contribution in [0.4, 0.5) is 13.2 Å². The molecule has 7 heteroatoms. The van der Waals surface area contributed by atoms with Crippen LogP contribution in [0.3, 0.4) is 0 Å². The summed E-state index contributed by atoms with van der Waals surface area (Å²) in [6.07, 6.45) is -2.45. The fourth-order valence-electron chi connectivity index (χ4n) is 2.77. The molecule has 118 valence electrons. The van der Waals surface area contributed by atoms with E-state index in [9.17, 15) is 18.4 Å². The highest BCUT2D eigenvalue weighted by molar-refractivity contribution is 5.31. The first-order valence-corrected chi connectivity index (χ1v) is 7.04. The Morgan fingerprint density at radius 3 is 2.64 bits per heavy atom. The van der Waals surface area contributed by atoms with Crippen molar-refractivity contribution in [2.24, 2.45) is 0 Å². The minimum absolute atomic E-state index is 0.0695. The first-order valence-electron chi connectivity index (χ1n) is 7.04. The molecule has 0 saturated carbocycles. The molecule has 0 radical (unpaired) electrons. The van der Waals surface area contributed by atoms with E-state index >= 15 is 0 Å². The van der Waals surface area contributed by atoms with Crippen molar-refractivity contribution in [2.75, 3.05) is 0 Å². The van der Waals surface area contributed by atoms with E-state index < -0.39 is 24.6 Å². The van der Waals surface area contributed by atoms with Crippen LogP contribution in [0.1, 0.15) is 44.4 Å². The Labute approximate surface area is 127 Å². The number of aryl methyl sites for hydroxylation is 1. The highest BCUT2D eigenvalue weighted by atomic mass is 19.4. The normalized spacial score (nSPS) is 19.0. The van der Waals surface area contributed by atoms with Crippen molar-refractivity contribution >= 4 is 0 Å². The van der Waals surface area contributed by atoms with Crippen molar-refractivity contribution in [3.8, 4) is 6.07 Å². The van der Waals surface area contributed by atoms with Gasteiger partial charge in [-0.15, -0.1) is 0 Å². The molecule has 0 saturated heterocycles. The van der Waals surface area contributed by atoms with Crippen molar-refractivity contribution in [3.63, 3.8) is 0 Å². The van der Waals surface area contributed by atoms with Crippen LogP contribution in [0.25, 0.3) is 4.85 Å². The molecule has 0 aliphatic heterocycles. The van der Waals surface area contributed by atoms with Gasteiger partial charge in [0.1, 0.15) is 6.54 Å². The highest BCUT2D eigenvalue weighted by Crippen LogP contribution is 2.37. The third-order valence-electron chi connectivity index (χ3n) is 4.17. The summed E-state index contributed by atoms with van der Waals surface area (Å²) < 4.78 is 38.7. The summed E-state index contributed by atoms with van der Waals surface area (Å²) in [5.41, 5.74) is 0.178. The minimum atomic E-state index is -4.37. The Kier molecular flexibility index (Phi) is 3.95. The monoisotopic (exact) mass is 310 g/mol. The molecule has 1 aromatic heterocycles. The van der Waals surface area contributed by atoms with E-state index in [1.807, 2.05) is 0 Å². The predicted octanol–water partition coefficient (Wildman–Crippen LogP) is 3.63. The van der Waals surface area contributed by atoms with Crippen LogP contribution in [-0.2, 0) is 18.4 Å². The molecule has 0 fully saturated rings. The van der Waals surface area contributed by atoms with Gasteiger partial charge in [0.15, 0.2) is 6.07 Å². The first kappa shape index (κ1) is 16.4. The van der Waals surface area contributed by atoms with Crippen molar-refractivity contribution in [1.82, 2.24) is 9.78 Å². The maximum absolute atomic E-state index is 12.4. The van der Waals surface area contributed by atoms with E-state index in [1.54, 1.807) is 12.3 Å². The molecular formula is C15H17F3N4. The van der Waals surface area contributed by atoms with Gasteiger partial charge in [0, 0.05) is 11.6 Å². The van der Waals surface area contributed by atoms with Crippen molar-refractivity contribution in [3.05, 3.63) is 28.9 Å². The van der Waals surface area contributed by atoms with Gasteiger partial charge >= 0.3 is 11.7 Å². The van der Waals surface area contributed by atoms with E-state index in [1.165, 1.54) is 4.68 Å². The number of rotatable bonds is 4. The molecule has 0 bridgehead atoms. The Bertz CT molecular complexity index is 629. The number of hydrogen-bond donors (Lipinski definition) is 0. The molecule has 1 aromatic rings. The zero-order valence-electron chi connectivity index (χ0n) is 12.5. The average Bonchev–Trinajstić information content (AvgIpc) is 2.95. The summed E-state index contributed by atoms with van der Waals surface area (Å²) in [6, 6.07) is 1.76. The standard InChI is InChI=1S/C15H17F3N4/c1-13(2)5-4-11-8-22(21-12(11)13)10-14(9-19,20-3)6-7-15(16,17)18/h8H,4-7,10H2,1-2H3. The third-order valence-corrected chi connectivity index (χ3v) is 4.17. The molecule has 1 aliphatic rings. The number of nitrogens with zero attached hydrogens (tertiary/aromatic N) is 4. The van der Waals surface area contributed by atoms with Crippen LogP contribution >= 0.6 is 0 Å². The summed E-state index contributed by atoms with van der Waals surface area (Å²) in [5, 5.41) is 13.6. The smallest absolute Gasteiger partial charge is 0.292 e. The molecule has 0 spiro atoms. The van der Waals surface area contributed by atoms with Gasteiger partial charge in [-0.3, -0.25) is 9.53 Å². The van der Waals surface area contributed by atoms with Crippen molar-refractivity contribution in [1.29, 1.82) is 5.26 Å². The number of fused-ring (bicyclic) bond motifs is 1. The average molecular weight is 310 g/mol. The van der Waals surface area contributed by atoms with Gasteiger partial charge in [0.2, 0.25) is 0 Å². The third kappa shape index (κ3) is 3.24. The molecule has 22 heavy (non-hydrogen) atoms. The zero-order chi connectivity index (χ0) is 16.6. The topological polar surface area (TPSA) is 46.0 Å². The molecule has 0 amide bonds. The largest absolute Gasteiger partial charge is 0.389 e. The molecule has 1 atom stereocenters. The summed E-state index contributed by atoms with van der Waals surface area (Å²) in [7, 11) is 0. The Hall–Kier alpha value is -2.02. The SMILES string of the molecule is [C-]#[N+]C(C#N)(CCC(F)(F)F)Cn1cc2c(n1)C(C)(C)CC2. The number of aromatic nitrogens is 2. The van der Waals surface area contributed by atoms with Crippen LogP contribution in [-0.4, -0.2) is 21.5 Å². The number of halogens is 3. The van der Waals surface area contributed by atoms with Crippen LogP contribution in [0.15, 0.2) is 6.20 Å². The molecule has 1 aliphatic carbocycles. The lowest BCUT2D eigenvalue weighted by Crippen LogP contribution is -2.31. The fraction of sp³-hybridized carbons (Fsp3) is 0.667. The lowest BCUT2D eigenvalue weighted by atomic mass is 9.91. The summed E-state index contributed by atoms with van der Waals surface area (Å²) in [5.74, 6) is 0. The van der Waals surface area contributed by atoms with E-state index in [4.69, 9.17) is 6.57 Å². The van der Waals surface area contributed by atoms with Gasteiger partial charge in [-0.05, 0) is 18.4 Å². The molecule has 0 aromatic carbocycles. The number of hydrogen-bond acceptors (Lipinski definition) is 2.